The highest BCUT2D eigenvalue weighted by Crippen LogP contribution is 2.36. The van der Waals surface area contributed by atoms with E-state index < -0.39 is 11.6 Å². The van der Waals surface area contributed by atoms with Crippen molar-refractivity contribution in [2.24, 2.45) is 0 Å². The molecule has 1 fully saturated rings. The summed E-state index contributed by atoms with van der Waals surface area (Å²) in [7, 11) is 3.01. The Hall–Kier alpha value is -3.04. The third-order valence-corrected chi connectivity index (χ3v) is 5.27. The van der Waals surface area contributed by atoms with Crippen LogP contribution in [0.1, 0.15) is 31.7 Å². The average molecular weight is 445 g/mol. The molecule has 0 radical (unpaired) electrons. The molecule has 1 aromatic heterocycles. The Morgan fingerprint density at radius 1 is 1.06 bits per heavy atom. The van der Waals surface area contributed by atoms with Gasteiger partial charge in [-0.1, -0.05) is 0 Å². The number of benzene rings is 2. The molecule has 1 saturated heterocycles. The molecule has 32 heavy (non-hydrogen) atoms. The minimum atomic E-state index is -0.998. The number of hydrogen-bond acceptors (Lipinski definition) is 6. The smallest absolute Gasteiger partial charge is 0.181 e. The van der Waals surface area contributed by atoms with Crippen LogP contribution in [0.2, 0.25) is 0 Å². The van der Waals surface area contributed by atoms with Crippen molar-refractivity contribution in [2.45, 2.75) is 32.0 Å². The van der Waals surface area contributed by atoms with Gasteiger partial charge < -0.3 is 18.9 Å². The Kier molecular flexibility index (Phi) is 6.66. The van der Waals surface area contributed by atoms with Crippen LogP contribution >= 0.6 is 0 Å². The normalized spacial score (nSPS) is 18.2. The van der Waals surface area contributed by atoms with E-state index in [2.05, 4.69) is 5.10 Å². The molecule has 2 heterocycles. The Morgan fingerprint density at radius 2 is 1.81 bits per heavy atom. The Balaban J connectivity index is 1.73. The van der Waals surface area contributed by atoms with E-state index in [1.807, 2.05) is 31.2 Å². The lowest BCUT2D eigenvalue weighted by atomic mass is 10.2. The van der Waals surface area contributed by atoms with Crippen LogP contribution in [0.25, 0.3) is 17.1 Å². The van der Waals surface area contributed by atoms with Crippen molar-refractivity contribution in [3.63, 3.8) is 0 Å². The van der Waals surface area contributed by atoms with E-state index in [1.54, 1.807) is 7.11 Å². The second-order valence-electron chi connectivity index (χ2n) is 7.52. The Labute approximate surface area is 184 Å². The molecular weight excluding hydrogens is 420 g/mol. The molecule has 170 valence electrons. The maximum atomic E-state index is 14.1. The minimum absolute atomic E-state index is 0.0731. The number of methoxy groups -OCH3 is 2. The number of aromatic nitrogens is 3. The number of nitrogens with zero attached hydrogens (tertiary/aromatic N) is 3. The molecule has 1 aliphatic heterocycles. The fraction of sp³-hybridized carbons (Fsp3) is 0.391. The van der Waals surface area contributed by atoms with Gasteiger partial charge in [0.25, 0.3) is 0 Å². The third kappa shape index (κ3) is 4.58. The van der Waals surface area contributed by atoms with Crippen LogP contribution in [0.15, 0.2) is 36.4 Å². The lowest BCUT2D eigenvalue weighted by Crippen LogP contribution is -2.11. The maximum absolute atomic E-state index is 14.1. The molecule has 7 nitrogen and oxygen atoms in total. The van der Waals surface area contributed by atoms with Crippen LogP contribution in [0, 0.1) is 11.6 Å². The summed E-state index contributed by atoms with van der Waals surface area (Å²) >= 11 is 0. The van der Waals surface area contributed by atoms with Gasteiger partial charge in [-0.15, -0.1) is 5.10 Å². The van der Waals surface area contributed by atoms with Crippen molar-refractivity contribution in [2.75, 3.05) is 27.4 Å². The van der Waals surface area contributed by atoms with E-state index in [1.165, 1.54) is 11.8 Å². The first-order valence-electron chi connectivity index (χ1n) is 10.4. The molecule has 0 aliphatic carbocycles. The van der Waals surface area contributed by atoms with Gasteiger partial charge in [0, 0.05) is 24.8 Å². The van der Waals surface area contributed by atoms with Crippen molar-refractivity contribution in [1.29, 1.82) is 0 Å². The van der Waals surface area contributed by atoms with Crippen molar-refractivity contribution in [3.05, 3.63) is 53.9 Å². The lowest BCUT2D eigenvalue weighted by Gasteiger charge is -2.14. The molecule has 1 aliphatic rings. The quantitative estimate of drug-likeness (QED) is 0.476. The van der Waals surface area contributed by atoms with E-state index in [0.29, 0.717) is 30.6 Å². The maximum Gasteiger partial charge on any atom is 0.181 e. The SMILES string of the molecule is COCCOc1ccc(-c2nc(C3CCC(C)O3)n(-c3cc(F)c(F)cc3OC)n2)cc1. The van der Waals surface area contributed by atoms with E-state index >= 15 is 0 Å². The number of hydrogen-bond donors (Lipinski definition) is 0. The largest absolute Gasteiger partial charge is 0.494 e. The van der Waals surface area contributed by atoms with Gasteiger partial charge in [0.2, 0.25) is 0 Å². The van der Waals surface area contributed by atoms with Crippen LogP contribution < -0.4 is 9.47 Å². The van der Waals surface area contributed by atoms with E-state index in [0.717, 1.165) is 30.5 Å². The summed E-state index contributed by atoms with van der Waals surface area (Å²) in [5.41, 5.74) is 1.000. The molecule has 3 aromatic rings. The summed E-state index contributed by atoms with van der Waals surface area (Å²) < 4.78 is 51.2. The molecule has 2 atom stereocenters. The van der Waals surface area contributed by atoms with E-state index in [-0.39, 0.29) is 23.6 Å². The minimum Gasteiger partial charge on any atom is -0.494 e. The molecule has 9 heteroatoms. The van der Waals surface area contributed by atoms with Crippen LogP contribution in [0.5, 0.6) is 11.5 Å². The van der Waals surface area contributed by atoms with Gasteiger partial charge in [-0.3, -0.25) is 0 Å². The van der Waals surface area contributed by atoms with Crippen molar-refractivity contribution in [3.8, 4) is 28.6 Å². The molecule has 0 amide bonds. The topological polar surface area (TPSA) is 67.6 Å². The lowest BCUT2D eigenvalue weighted by molar-refractivity contribution is 0.0490. The van der Waals surface area contributed by atoms with Crippen molar-refractivity contribution >= 4 is 0 Å². The molecule has 4 rings (SSSR count). The molecule has 2 unspecified atom stereocenters. The van der Waals surface area contributed by atoms with Crippen molar-refractivity contribution < 1.29 is 27.7 Å². The van der Waals surface area contributed by atoms with Gasteiger partial charge in [0.15, 0.2) is 23.3 Å². The molecule has 0 bridgehead atoms. The molecular formula is C23H25F2N3O4. The summed E-state index contributed by atoms with van der Waals surface area (Å²) in [4.78, 5) is 4.70. The van der Waals surface area contributed by atoms with Crippen LogP contribution in [-0.2, 0) is 9.47 Å². The van der Waals surface area contributed by atoms with Crippen LogP contribution in [0.4, 0.5) is 8.78 Å². The van der Waals surface area contributed by atoms with Gasteiger partial charge in [0.1, 0.15) is 29.9 Å². The van der Waals surface area contributed by atoms with Gasteiger partial charge in [-0.2, -0.15) is 0 Å². The summed E-state index contributed by atoms with van der Waals surface area (Å²) in [5, 5.41) is 4.60. The first-order valence-corrected chi connectivity index (χ1v) is 10.4. The highest BCUT2D eigenvalue weighted by Gasteiger charge is 2.30. The second kappa shape index (κ2) is 9.62. The highest BCUT2D eigenvalue weighted by molar-refractivity contribution is 5.57. The summed E-state index contributed by atoms with van der Waals surface area (Å²) in [6.45, 7) is 2.93. The Bertz CT molecular complexity index is 1070. The molecule has 2 aromatic carbocycles. The number of halogens is 2. The van der Waals surface area contributed by atoms with Gasteiger partial charge in [-0.05, 0) is 44.0 Å². The summed E-state index contributed by atoms with van der Waals surface area (Å²) in [6, 6.07) is 9.37. The molecule has 0 spiro atoms. The fourth-order valence-electron chi connectivity index (χ4n) is 3.61. The summed E-state index contributed by atoms with van der Waals surface area (Å²) in [6.07, 6.45) is 1.37. The van der Waals surface area contributed by atoms with Gasteiger partial charge >= 0.3 is 0 Å². The van der Waals surface area contributed by atoms with E-state index in [9.17, 15) is 8.78 Å². The highest BCUT2D eigenvalue weighted by atomic mass is 19.2. The fourth-order valence-corrected chi connectivity index (χ4v) is 3.61. The monoisotopic (exact) mass is 445 g/mol. The first-order chi connectivity index (χ1) is 15.5. The summed E-state index contributed by atoms with van der Waals surface area (Å²) in [5.74, 6) is -0.216. The number of rotatable bonds is 8. The zero-order valence-corrected chi connectivity index (χ0v) is 18.2. The van der Waals surface area contributed by atoms with Crippen LogP contribution in [0.3, 0.4) is 0 Å². The molecule has 0 N–H and O–H groups in total. The third-order valence-electron chi connectivity index (χ3n) is 5.27. The first kappa shape index (κ1) is 22.2. The average Bonchev–Trinajstić information content (AvgIpc) is 3.42. The molecule has 0 saturated carbocycles. The predicted octanol–water partition coefficient (Wildman–Crippen LogP) is 4.49. The zero-order chi connectivity index (χ0) is 22.7. The van der Waals surface area contributed by atoms with Crippen molar-refractivity contribution in [1.82, 2.24) is 14.8 Å². The second-order valence-corrected chi connectivity index (χ2v) is 7.52. The standard InChI is InChI=1S/C23H25F2N3O4/c1-14-4-9-20(32-14)23-26-22(15-5-7-16(8-6-15)31-11-10-29-2)27-28(23)19-12-17(24)18(25)13-21(19)30-3/h5-8,12-14,20H,4,9-11H2,1-3H3. The van der Waals surface area contributed by atoms with Crippen LogP contribution in [-0.4, -0.2) is 48.3 Å². The van der Waals surface area contributed by atoms with Gasteiger partial charge in [-0.25, -0.2) is 18.4 Å². The van der Waals surface area contributed by atoms with Gasteiger partial charge in [0.05, 0.1) is 19.8 Å². The Morgan fingerprint density at radius 3 is 2.47 bits per heavy atom. The van der Waals surface area contributed by atoms with E-state index in [4.69, 9.17) is 23.9 Å². The predicted molar refractivity (Wildman–Crippen MR) is 113 cm³/mol. The number of ether oxygens (including phenoxy) is 4. The zero-order valence-electron chi connectivity index (χ0n) is 18.2.